The minimum atomic E-state index is -4.44. The van der Waals surface area contributed by atoms with E-state index in [0.717, 1.165) is 31.1 Å². The van der Waals surface area contributed by atoms with Gasteiger partial charge >= 0.3 is 6.18 Å². The molecule has 0 amide bonds. The number of sulfone groups is 1. The van der Waals surface area contributed by atoms with Crippen molar-refractivity contribution in [3.05, 3.63) is 53.5 Å². The fourth-order valence-electron chi connectivity index (χ4n) is 5.27. The molecule has 2 atom stereocenters. The van der Waals surface area contributed by atoms with Crippen molar-refractivity contribution >= 4 is 21.2 Å². The number of aromatic nitrogens is 2. The molecule has 2 aliphatic rings. The Bertz CT molecular complexity index is 1550. The first-order chi connectivity index (χ1) is 18.5. The number of fused-ring (bicyclic) bond motifs is 1. The first kappa shape index (κ1) is 27.3. The summed E-state index contributed by atoms with van der Waals surface area (Å²) < 4.78 is 76.6. The van der Waals surface area contributed by atoms with Crippen molar-refractivity contribution in [3.63, 3.8) is 0 Å². The lowest BCUT2D eigenvalue weighted by atomic mass is 9.97. The summed E-state index contributed by atoms with van der Waals surface area (Å²) in [6.07, 6.45) is -0.224. The molecule has 39 heavy (non-hydrogen) atoms. The molecule has 0 aliphatic carbocycles. The number of imidazole rings is 1. The van der Waals surface area contributed by atoms with Gasteiger partial charge in [0.2, 0.25) is 0 Å². The average molecular weight is 563 g/mol. The van der Waals surface area contributed by atoms with E-state index in [0.29, 0.717) is 30.3 Å². The Hall–Kier alpha value is -3.27. The van der Waals surface area contributed by atoms with Crippen LogP contribution >= 0.6 is 0 Å². The number of halogens is 3. The van der Waals surface area contributed by atoms with Gasteiger partial charge in [0.1, 0.15) is 17.1 Å². The minimum Gasteiger partial charge on any atom is -0.495 e. The molecule has 1 aromatic carbocycles. The number of rotatable bonds is 6. The van der Waals surface area contributed by atoms with Crippen LogP contribution in [0.15, 0.2) is 41.4 Å². The Morgan fingerprint density at radius 3 is 2.82 bits per heavy atom. The van der Waals surface area contributed by atoms with E-state index < -0.39 is 22.4 Å². The van der Waals surface area contributed by atoms with Gasteiger partial charge in [-0.3, -0.25) is 0 Å². The van der Waals surface area contributed by atoms with Gasteiger partial charge in [-0.25, -0.2) is 13.4 Å². The van der Waals surface area contributed by atoms with E-state index in [-0.39, 0.29) is 34.4 Å². The maximum atomic E-state index is 13.6. The minimum absolute atomic E-state index is 0.0150. The SMILES string of the molecule is COc1cc(S(C)(=O)=O)ccc1NCC#Cc1nc2c(C3CC[C@]4(CCOC4)N3)cccn2c1CC(F)(F)F. The molecule has 3 aromatic rings. The molecular formula is C27H29F3N4O4S. The van der Waals surface area contributed by atoms with Gasteiger partial charge in [-0.1, -0.05) is 12.0 Å². The van der Waals surface area contributed by atoms with Gasteiger partial charge in [0.25, 0.3) is 0 Å². The molecule has 12 heteroatoms. The zero-order chi connectivity index (χ0) is 27.8. The second kappa shape index (κ2) is 10.4. The molecule has 1 spiro atoms. The molecule has 2 fully saturated rings. The maximum Gasteiger partial charge on any atom is 0.394 e. The molecular weight excluding hydrogens is 533 g/mol. The van der Waals surface area contributed by atoms with Crippen LogP contribution in [0.4, 0.5) is 18.9 Å². The first-order valence-electron chi connectivity index (χ1n) is 12.5. The largest absolute Gasteiger partial charge is 0.495 e. The normalized spacial score (nSPS) is 21.3. The lowest BCUT2D eigenvalue weighted by Gasteiger charge is -2.23. The number of anilines is 1. The highest BCUT2D eigenvalue weighted by Crippen LogP contribution is 2.39. The van der Waals surface area contributed by atoms with Crippen molar-refractivity contribution in [1.82, 2.24) is 14.7 Å². The molecule has 2 saturated heterocycles. The van der Waals surface area contributed by atoms with E-state index in [1.807, 2.05) is 6.07 Å². The lowest BCUT2D eigenvalue weighted by molar-refractivity contribution is -0.128. The summed E-state index contributed by atoms with van der Waals surface area (Å²) >= 11 is 0. The van der Waals surface area contributed by atoms with Gasteiger partial charge in [-0.15, -0.1) is 0 Å². The zero-order valence-electron chi connectivity index (χ0n) is 21.6. The first-order valence-corrected chi connectivity index (χ1v) is 14.4. The molecule has 4 heterocycles. The Labute approximate surface area is 224 Å². The van der Waals surface area contributed by atoms with Crippen LogP contribution in [-0.4, -0.2) is 62.6 Å². The second-order valence-corrected chi connectivity index (χ2v) is 12.0. The van der Waals surface area contributed by atoms with Crippen LogP contribution in [0.3, 0.4) is 0 Å². The molecule has 2 N–H and O–H groups in total. The van der Waals surface area contributed by atoms with Gasteiger partial charge in [-0.05, 0) is 43.4 Å². The number of ether oxygens (including phenoxy) is 2. The fourth-order valence-corrected chi connectivity index (χ4v) is 5.91. The summed E-state index contributed by atoms with van der Waals surface area (Å²) in [7, 11) is -2.00. The predicted molar refractivity (Wildman–Crippen MR) is 140 cm³/mol. The van der Waals surface area contributed by atoms with E-state index in [1.165, 1.54) is 23.6 Å². The second-order valence-electron chi connectivity index (χ2n) is 9.96. The summed E-state index contributed by atoms with van der Waals surface area (Å²) in [5, 5.41) is 6.68. The average Bonchev–Trinajstić information content (AvgIpc) is 3.60. The molecule has 208 valence electrons. The third-order valence-electron chi connectivity index (χ3n) is 7.19. The van der Waals surface area contributed by atoms with Crippen LogP contribution in [0.5, 0.6) is 5.75 Å². The molecule has 0 radical (unpaired) electrons. The van der Waals surface area contributed by atoms with Crippen LogP contribution in [0.25, 0.3) is 5.65 Å². The molecule has 2 aromatic heterocycles. The predicted octanol–water partition coefficient (Wildman–Crippen LogP) is 3.90. The highest BCUT2D eigenvalue weighted by atomic mass is 32.2. The Kier molecular flexibility index (Phi) is 7.26. The highest BCUT2D eigenvalue weighted by Gasteiger charge is 2.42. The van der Waals surface area contributed by atoms with Crippen molar-refractivity contribution in [2.75, 3.05) is 38.4 Å². The van der Waals surface area contributed by atoms with Crippen molar-refractivity contribution in [1.29, 1.82) is 0 Å². The summed E-state index contributed by atoms with van der Waals surface area (Å²) in [6, 6.07) is 8.00. The van der Waals surface area contributed by atoms with E-state index in [1.54, 1.807) is 18.3 Å². The molecule has 0 saturated carbocycles. The van der Waals surface area contributed by atoms with Crippen molar-refractivity contribution in [3.8, 4) is 17.6 Å². The molecule has 8 nitrogen and oxygen atoms in total. The zero-order valence-corrected chi connectivity index (χ0v) is 22.4. The number of benzene rings is 1. The topological polar surface area (TPSA) is 94.0 Å². The summed E-state index contributed by atoms with van der Waals surface area (Å²) in [4.78, 5) is 4.68. The number of pyridine rings is 1. The van der Waals surface area contributed by atoms with Crippen LogP contribution in [0, 0.1) is 11.8 Å². The summed E-state index contributed by atoms with van der Waals surface area (Å²) in [5.41, 5.74) is 1.77. The van der Waals surface area contributed by atoms with Gasteiger partial charge in [-0.2, -0.15) is 13.2 Å². The fraction of sp³-hybridized carbons (Fsp3) is 0.444. The Morgan fingerprint density at radius 2 is 2.13 bits per heavy atom. The van der Waals surface area contributed by atoms with E-state index in [2.05, 4.69) is 27.5 Å². The smallest absolute Gasteiger partial charge is 0.394 e. The quantitative estimate of drug-likeness (QED) is 0.440. The number of nitrogens with one attached hydrogen (secondary N) is 2. The number of nitrogens with zero attached hydrogens (tertiary/aromatic N) is 2. The maximum absolute atomic E-state index is 13.6. The van der Waals surface area contributed by atoms with Crippen molar-refractivity contribution in [2.24, 2.45) is 0 Å². The standard InChI is InChI=1S/C27H29F3N4O4S/c1-37-24-15-18(39(2,35)36)7-8-22(24)31-12-3-6-21-23(16-27(28,29)30)34-13-4-5-19(25(34)32-21)20-9-10-26(33-20)11-14-38-17-26/h4-5,7-8,13,15,20,31,33H,9-12,14,16-17H2,1-2H3/t20?,26-/m1/s1. The van der Waals surface area contributed by atoms with Gasteiger partial charge < -0.3 is 24.5 Å². The monoisotopic (exact) mass is 562 g/mol. The number of hydrogen-bond acceptors (Lipinski definition) is 7. The number of hydrogen-bond donors (Lipinski definition) is 2. The van der Waals surface area contributed by atoms with Crippen LogP contribution < -0.4 is 15.4 Å². The third-order valence-corrected chi connectivity index (χ3v) is 8.30. The Balaban J connectivity index is 1.42. The third kappa shape index (κ3) is 5.85. The van der Waals surface area contributed by atoms with E-state index >= 15 is 0 Å². The highest BCUT2D eigenvalue weighted by molar-refractivity contribution is 7.90. The van der Waals surface area contributed by atoms with Crippen LogP contribution in [0.2, 0.25) is 0 Å². The van der Waals surface area contributed by atoms with E-state index in [4.69, 9.17) is 9.47 Å². The number of methoxy groups -OCH3 is 1. The van der Waals surface area contributed by atoms with Crippen LogP contribution in [0.1, 0.15) is 42.3 Å². The lowest BCUT2D eigenvalue weighted by Crippen LogP contribution is -2.41. The summed E-state index contributed by atoms with van der Waals surface area (Å²) in [6.45, 7) is 1.41. The number of alkyl halides is 3. The molecule has 2 aliphatic heterocycles. The van der Waals surface area contributed by atoms with Crippen LogP contribution in [-0.2, 0) is 21.0 Å². The van der Waals surface area contributed by atoms with Crippen molar-refractivity contribution in [2.45, 2.75) is 48.3 Å². The van der Waals surface area contributed by atoms with Gasteiger partial charge in [0.15, 0.2) is 9.84 Å². The van der Waals surface area contributed by atoms with E-state index in [9.17, 15) is 21.6 Å². The molecule has 0 bridgehead atoms. The molecule has 5 rings (SSSR count). The molecule has 1 unspecified atom stereocenters. The summed E-state index contributed by atoms with van der Waals surface area (Å²) in [5.74, 6) is 5.97. The van der Waals surface area contributed by atoms with Gasteiger partial charge in [0.05, 0.1) is 43.0 Å². The van der Waals surface area contributed by atoms with Crippen molar-refractivity contribution < 1.29 is 31.1 Å². The van der Waals surface area contributed by atoms with Gasteiger partial charge in [0, 0.05) is 42.3 Å². The Morgan fingerprint density at radius 1 is 1.31 bits per heavy atom.